The Morgan fingerprint density at radius 2 is 1.96 bits per heavy atom. The van der Waals surface area contributed by atoms with E-state index < -0.39 is 0 Å². The fourth-order valence-electron chi connectivity index (χ4n) is 2.94. The van der Waals surface area contributed by atoms with Gasteiger partial charge in [0.15, 0.2) is 0 Å². The maximum atomic E-state index is 12.0. The standard InChI is InChI=1S/C21H25NO3/c23-21(12-11-19-10-5-13-24-19)22-15-18-8-4-9-20(14-18)25-16-17-6-2-1-3-7-17/h1-4,6-9,14,19H,5,10-13,15-16H2,(H,22,23)/t19-/m0/s1. The Bertz CT molecular complexity index is 666. The van der Waals surface area contributed by atoms with E-state index in [2.05, 4.69) is 5.32 Å². The minimum atomic E-state index is 0.0751. The lowest BCUT2D eigenvalue weighted by molar-refractivity contribution is -0.121. The lowest BCUT2D eigenvalue weighted by Crippen LogP contribution is -2.23. The van der Waals surface area contributed by atoms with Crippen LogP contribution in [0.25, 0.3) is 0 Å². The number of nitrogens with one attached hydrogen (secondary N) is 1. The van der Waals surface area contributed by atoms with Crippen LogP contribution < -0.4 is 10.1 Å². The number of carbonyl (C=O) groups is 1. The summed E-state index contributed by atoms with van der Waals surface area (Å²) in [7, 11) is 0. The van der Waals surface area contributed by atoms with Crippen molar-refractivity contribution in [2.45, 2.75) is 44.9 Å². The van der Waals surface area contributed by atoms with Crippen LogP contribution in [0.1, 0.15) is 36.8 Å². The van der Waals surface area contributed by atoms with Gasteiger partial charge in [-0.3, -0.25) is 4.79 Å². The summed E-state index contributed by atoms with van der Waals surface area (Å²) in [6, 6.07) is 17.9. The zero-order valence-electron chi connectivity index (χ0n) is 14.4. The molecule has 1 heterocycles. The van der Waals surface area contributed by atoms with Crippen LogP contribution in [0.3, 0.4) is 0 Å². The van der Waals surface area contributed by atoms with Crippen molar-refractivity contribution in [2.24, 2.45) is 0 Å². The predicted molar refractivity (Wildman–Crippen MR) is 97.3 cm³/mol. The van der Waals surface area contributed by atoms with E-state index in [0.717, 1.165) is 42.7 Å². The molecule has 4 nitrogen and oxygen atoms in total. The molecule has 1 saturated heterocycles. The summed E-state index contributed by atoms with van der Waals surface area (Å²) in [6.45, 7) is 1.90. The summed E-state index contributed by atoms with van der Waals surface area (Å²) < 4.78 is 11.4. The molecule has 0 saturated carbocycles. The molecule has 0 bridgehead atoms. The molecule has 2 aromatic rings. The molecule has 4 heteroatoms. The summed E-state index contributed by atoms with van der Waals surface area (Å²) in [6.07, 6.45) is 3.79. The molecule has 0 unspecified atom stereocenters. The molecule has 132 valence electrons. The number of carbonyl (C=O) groups excluding carboxylic acids is 1. The van der Waals surface area contributed by atoms with Gasteiger partial charge in [0.05, 0.1) is 6.10 Å². The van der Waals surface area contributed by atoms with Gasteiger partial charge in [-0.05, 0) is 42.5 Å². The van der Waals surface area contributed by atoms with Crippen molar-refractivity contribution < 1.29 is 14.3 Å². The molecule has 2 aromatic carbocycles. The van der Waals surface area contributed by atoms with Crippen molar-refractivity contribution >= 4 is 5.91 Å². The molecule has 0 aliphatic carbocycles. The first-order valence-electron chi connectivity index (χ1n) is 8.93. The van der Waals surface area contributed by atoms with E-state index in [1.807, 2.05) is 54.6 Å². The molecule has 1 atom stereocenters. The van der Waals surface area contributed by atoms with E-state index in [-0.39, 0.29) is 12.0 Å². The Labute approximate surface area is 149 Å². The zero-order chi connectivity index (χ0) is 17.3. The quantitative estimate of drug-likeness (QED) is 0.795. The second-order valence-corrected chi connectivity index (χ2v) is 6.37. The molecule has 1 amide bonds. The Kier molecular flexibility index (Phi) is 6.46. The van der Waals surface area contributed by atoms with E-state index in [0.29, 0.717) is 19.6 Å². The van der Waals surface area contributed by atoms with Crippen LogP contribution in [-0.2, 0) is 22.7 Å². The number of benzene rings is 2. The average molecular weight is 339 g/mol. The summed E-state index contributed by atoms with van der Waals surface area (Å²) in [5.41, 5.74) is 2.17. The van der Waals surface area contributed by atoms with E-state index in [4.69, 9.17) is 9.47 Å². The van der Waals surface area contributed by atoms with Gasteiger partial charge in [-0.15, -0.1) is 0 Å². The van der Waals surface area contributed by atoms with Gasteiger partial charge >= 0.3 is 0 Å². The topological polar surface area (TPSA) is 47.6 Å². The van der Waals surface area contributed by atoms with Crippen LogP contribution in [-0.4, -0.2) is 18.6 Å². The van der Waals surface area contributed by atoms with Crippen LogP contribution >= 0.6 is 0 Å². The smallest absolute Gasteiger partial charge is 0.220 e. The van der Waals surface area contributed by atoms with E-state index in [1.54, 1.807) is 0 Å². The van der Waals surface area contributed by atoms with Gasteiger partial charge in [0, 0.05) is 19.6 Å². The largest absolute Gasteiger partial charge is 0.489 e. The number of hydrogen-bond donors (Lipinski definition) is 1. The van der Waals surface area contributed by atoms with Crippen molar-refractivity contribution in [3.8, 4) is 5.75 Å². The number of rotatable bonds is 8. The van der Waals surface area contributed by atoms with Gasteiger partial charge in [-0.1, -0.05) is 42.5 Å². The SMILES string of the molecule is O=C(CC[C@@H]1CCCO1)NCc1cccc(OCc2ccccc2)c1. The maximum absolute atomic E-state index is 12.0. The second-order valence-electron chi connectivity index (χ2n) is 6.37. The highest BCUT2D eigenvalue weighted by molar-refractivity contribution is 5.75. The van der Waals surface area contributed by atoms with Crippen molar-refractivity contribution in [1.82, 2.24) is 5.32 Å². The van der Waals surface area contributed by atoms with Gasteiger partial charge in [-0.25, -0.2) is 0 Å². The summed E-state index contributed by atoms with van der Waals surface area (Å²) in [5.74, 6) is 0.890. The number of ether oxygens (including phenoxy) is 2. The molecule has 0 spiro atoms. The van der Waals surface area contributed by atoms with Gasteiger partial charge < -0.3 is 14.8 Å². The second kappa shape index (κ2) is 9.23. The normalized spacial score (nSPS) is 16.6. The van der Waals surface area contributed by atoms with Crippen molar-refractivity contribution in [1.29, 1.82) is 0 Å². The molecule has 25 heavy (non-hydrogen) atoms. The Morgan fingerprint density at radius 1 is 1.12 bits per heavy atom. The van der Waals surface area contributed by atoms with E-state index in [1.165, 1.54) is 0 Å². The molecule has 0 aromatic heterocycles. The van der Waals surface area contributed by atoms with Gasteiger partial charge in [0.2, 0.25) is 5.91 Å². The lowest BCUT2D eigenvalue weighted by atomic mass is 10.1. The van der Waals surface area contributed by atoms with Crippen LogP contribution in [0.2, 0.25) is 0 Å². The minimum Gasteiger partial charge on any atom is -0.489 e. The molecule has 1 N–H and O–H groups in total. The van der Waals surface area contributed by atoms with Gasteiger partial charge in [-0.2, -0.15) is 0 Å². The Balaban J connectivity index is 1.42. The van der Waals surface area contributed by atoms with Gasteiger partial charge in [0.1, 0.15) is 12.4 Å². The summed E-state index contributed by atoms with van der Waals surface area (Å²) in [5, 5.41) is 2.97. The lowest BCUT2D eigenvalue weighted by Gasteiger charge is -2.11. The van der Waals surface area contributed by atoms with Crippen LogP contribution in [0.5, 0.6) is 5.75 Å². The third kappa shape index (κ3) is 5.91. The van der Waals surface area contributed by atoms with Crippen molar-refractivity contribution in [3.63, 3.8) is 0 Å². The molecular weight excluding hydrogens is 314 g/mol. The van der Waals surface area contributed by atoms with E-state index in [9.17, 15) is 4.79 Å². The third-order valence-electron chi connectivity index (χ3n) is 4.35. The first-order valence-corrected chi connectivity index (χ1v) is 8.93. The molecular formula is C21H25NO3. The predicted octanol–water partition coefficient (Wildman–Crippen LogP) is 3.84. The van der Waals surface area contributed by atoms with Gasteiger partial charge in [0.25, 0.3) is 0 Å². The zero-order valence-corrected chi connectivity index (χ0v) is 14.4. The Hall–Kier alpha value is -2.33. The molecule has 1 aliphatic rings. The summed E-state index contributed by atoms with van der Waals surface area (Å²) >= 11 is 0. The number of amides is 1. The van der Waals surface area contributed by atoms with Crippen LogP contribution in [0.4, 0.5) is 0 Å². The Morgan fingerprint density at radius 3 is 2.76 bits per heavy atom. The molecule has 0 radical (unpaired) electrons. The fraction of sp³-hybridized carbons (Fsp3) is 0.381. The summed E-state index contributed by atoms with van der Waals surface area (Å²) in [4.78, 5) is 12.0. The van der Waals surface area contributed by atoms with Crippen molar-refractivity contribution in [3.05, 3.63) is 65.7 Å². The maximum Gasteiger partial charge on any atom is 0.220 e. The molecule has 1 aliphatic heterocycles. The molecule has 1 fully saturated rings. The van der Waals surface area contributed by atoms with Crippen LogP contribution in [0.15, 0.2) is 54.6 Å². The van der Waals surface area contributed by atoms with Crippen molar-refractivity contribution in [2.75, 3.05) is 6.61 Å². The first kappa shape index (κ1) is 17.5. The average Bonchev–Trinajstić information content (AvgIpc) is 3.18. The third-order valence-corrected chi connectivity index (χ3v) is 4.35. The highest BCUT2D eigenvalue weighted by atomic mass is 16.5. The van der Waals surface area contributed by atoms with E-state index >= 15 is 0 Å². The van der Waals surface area contributed by atoms with Crippen LogP contribution in [0, 0.1) is 0 Å². The fourth-order valence-corrected chi connectivity index (χ4v) is 2.94. The molecule has 3 rings (SSSR count). The highest BCUT2D eigenvalue weighted by Crippen LogP contribution is 2.17. The highest BCUT2D eigenvalue weighted by Gasteiger charge is 2.16. The first-order chi connectivity index (χ1) is 12.3. The minimum absolute atomic E-state index is 0.0751. The monoisotopic (exact) mass is 339 g/mol. The number of hydrogen-bond acceptors (Lipinski definition) is 3.